The molecular weight excluding hydrogens is 114 g/mol. The quantitative estimate of drug-likeness (QED) is 0.535. The number of aromatic nitrogens is 2. The number of aromatic amines is 1. The van der Waals surface area contributed by atoms with Crippen molar-refractivity contribution >= 4 is 5.82 Å². The highest BCUT2D eigenvalue weighted by Crippen LogP contribution is 2.13. The molecule has 9 heavy (non-hydrogen) atoms. The third-order valence-electron chi connectivity index (χ3n) is 1.38. The van der Waals surface area contributed by atoms with Gasteiger partial charge in [-0.3, -0.25) is 0 Å². The molecule has 2 rings (SSSR count). The maximum Gasteiger partial charge on any atom is 0.151 e. The highest BCUT2D eigenvalue weighted by molar-refractivity contribution is 5.46. The molecule has 0 fully saturated rings. The van der Waals surface area contributed by atoms with Gasteiger partial charge in [-0.1, -0.05) is 6.08 Å². The van der Waals surface area contributed by atoms with Gasteiger partial charge in [-0.2, -0.15) is 0 Å². The lowest BCUT2D eigenvalue weighted by atomic mass is 10.2. The van der Waals surface area contributed by atoms with E-state index in [4.69, 9.17) is 0 Å². The summed E-state index contributed by atoms with van der Waals surface area (Å²) in [4.78, 5) is 7.07. The first kappa shape index (κ1) is 4.61. The van der Waals surface area contributed by atoms with Gasteiger partial charge in [0.1, 0.15) is 0 Å². The van der Waals surface area contributed by atoms with Gasteiger partial charge < -0.3 is 10.3 Å². The molecule has 1 aromatic rings. The minimum absolute atomic E-state index is 0.956. The number of allylic oxidation sites excluding steroid dienone is 1. The summed E-state index contributed by atoms with van der Waals surface area (Å²) in [6, 6.07) is 0. The van der Waals surface area contributed by atoms with Crippen LogP contribution in [-0.4, -0.2) is 9.97 Å². The van der Waals surface area contributed by atoms with E-state index in [2.05, 4.69) is 21.4 Å². The monoisotopic (exact) mass is 121 g/mol. The van der Waals surface area contributed by atoms with Crippen LogP contribution in [0.25, 0.3) is 0 Å². The summed E-state index contributed by atoms with van der Waals surface area (Å²) < 4.78 is 0. The Bertz CT molecular complexity index is 214. The number of fused-ring (bicyclic) bond motifs is 1. The van der Waals surface area contributed by atoms with Crippen molar-refractivity contribution in [2.75, 3.05) is 5.32 Å². The highest BCUT2D eigenvalue weighted by Gasteiger charge is 2.03. The fourth-order valence-corrected chi connectivity index (χ4v) is 0.916. The lowest BCUT2D eigenvalue weighted by molar-refractivity contribution is 1.13. The Hall–Kier alpha value is -1.25. The molecule has 0 radical (unpaired) electrons. The van der Waals surface area contributed by atoms with Gasteiger partial charge in [-0.05, 0) is 6.20 Å². The van der Waals surface area contributed by atoms with Crippen LogP contribution in [0.15, 0.2) is 18.6 Å². The Morgan fingerprint density at radius 1 is 1.56 bits per heavy atom. The third kappa shape index (κ3) is 0.614. The smallest absolute Gasteiger partial charge is 0.151 e. The van der Waals surface area contributed by atoms with E-state index in [1.54, 1.807) is 6.33 Å². The first-order valence-electron chi connectivity index (χ1n) is 2.90. The van der Waals surface area contributed by atoms with Crippen molar-refractivity contribution in [2.24, 2.45) is 0 Å². The maximum absolute atomic E-state index is 4.04. The number of hydrogen-bond acceptors (Lipinski definition) is 2. The predicted molar refractivity (Wildman–Crippen MR) is 35.1 cm³/mol. The van der Waals surface area contributed by atoms with Gasteiger partial charge in [0.2, 0.25) is 0 Å². The fourth-order valence-electron chi connectivity index (χ4n) is 0.916. The molecule has 1 aliphatic heterocycles. The van der Waals surface area contributed by atoms with Crippen LogP contribution in [0, 0.1) is 0 Å². The summed E-state index contributed by atoms with van der Waals surface area (Å²) in [6.45, 7) is 0. The van der Waals surface area contributed by atoms with Crippen molar-refractivity contribution in [3.05, 3.63) is 24.3 Å². The van der Waals surface area contributed by atoms with Gasteiger partial charge in [0.25, 0.3) is 0 Å². The second kappa shape index (κ2) is 1.62. The summed E-state index contributed by atoms with van der Waals surface area (Å²) in [6.07, 6.45) is 6.62. The van der Waals surface area contributed by atoms with E-state index in [0.29, 0.717) is 0 Å². The first-order valence-corrected chi connectivity index (χ1v) is 2.90. The largest absolute Gasteiger partial charge is 0.346 e. The Labute approximate surface area is 52.8 Å². The highest BCUT2D eigenvalue weighted by atomic mass is 15.0. The number of rotatable bonds is 0. The molecule has 0 saturated heterocycles. The van der Waals surface area contributed by atoms with Gasteiger partial charge in [-0.15, -0.1) is 0 Å². The van der Waals surface area contributed by atoms with Crippen LogP contribution in [0.4, 0.5) is 5.82 Å². The zero-order valence-electron chi connectivity index (χ0n) is 4.89. The first-order chi connectivity index (χ1) is 4.47. The van der Waals surface area contributed by atoms with Crippen LogP contribution in [0.1, 0.15) is 5.69 Å². The van der Waals surface area contributed by atoms with Crippen LogP contribution in [0.3, 0.4) is 0 Å². The summed E-state index contributed by atoms with van der Waals surface area (Å²) in [7, 11) is 0. The lowest BCUT2D eigenvalue weighted by Gasteiger charge is -2.03. The van der Waals surface area contributed by atoms with E-state index in [0.717, 1.165) is 17.9 Å². The molecule has 1 aliphatic rings. The van der Waals surface area contributed by atoms with E-state index in [1.807, 2.05) is 6.20 Å². The second-order valence-electron chi connectivity index (χ2n) is 1.98. The standard InChI is InChI=1S/C6H7N3/c1-2-5-6(7-3-1)9-4-8-5/h1,3-4,7H,2H2,(H,8,9). The molecule has 0 bridgehead atoms. The number of nitrogens with zero attached hydrogens (tertiary/aromatic N) is 1. The van der Waals surface area contributed by atoms with Crippen LogP contribution in [0.5, 0.6) is 0 Å². The van der Waals surface area contributed by atoms with Crippen LogP contribution in [-0.2, 0) is 6.42 Å². The van der Waals surface area contributed by atoms with Gasteiger partial charge in [0, 0.05) is 6.42 Å². The van der Waals surface area contributed by atoms with E-state index < -0.39 is 0 Å². The Morgan fingerprint density at radius 3 is 3.44 bits per heavy atom. The molecule has 0 saturated carbocycles. The average molecular weight is 121 g/mol. The van der Waals surface area contributed by atoms with Gasteiger partial charge in [-0.25, -0.2) is 4.98 Å². The lowest BCUT2D eigenvalue weighted by Crippen LogP contribution is -1.98. The van der Waals surface area contributed by atoms with Crippen molar-refractivity contribution in [3.63, 3.8) is 0 Å². The predicted octanol–water partition coefficient (Wildman–Crippen LogP) is 0.891. The molecule has 0 unspecified atom stereocenters. The maximum atomic E-state index is 4.04. The van der Waals surface area contributed by atoms with Crippen molar-refractivity contribution in [2.45, 2.75) is 6.42 Å². The van der Waals surface area contributed by atoms with Crippen LogP contribution < -0.4 is 5.32 Å². The molecule has 0 spiro atoms. The molecule has 1 aromatic heterocycles. The van der Waals surface area contributed by atoms with E-state index in [-0.39, 0.29) is 0 Å². The SMILES string of the molecule is C1=CNc2nc[nH]c2C1. The van der Waals surface area contributed by atoms with Crippen molar-refractivity contribution < 1.29 is 0 Å². The fraction of sp³-hybridized carbons (Fsp3) is 0.167. The number of anilines is 1. The van der Waals surface area contributed by atoms with Crippen LogP contribution >= 0.6 is 0 Å². The molecular formula is C6H7N3. The Kier molecular flexibility index (Phi) is 0.828. The summed E-state index contributed by atoms with van der Waals surface area (Å²) in [5, 5.41) is 3.02. The molecule has 3 heteroatoms. The van der Waals surface area contributed by atoms with E-state index in [9.17, 15) is 0 Å². The zero-order chi connectivity index (χ0) is 6.10. The van der Waals surface area contributed by atoms with Crippen molar-refractivity contribution in [1.82, 2.24) is 9.97 Å². The van der Waals surface area contributed by atoms with Gasteiger partial charge in [0.15, 0.2) is 5.82 Å². The average Bonchev–Trinajstić information content (AvgIpc) is 2.33. The van der Waals surface area contributed by atoms with Gasteiger partial charge in [0.05, 0.1) is 12.0 Å². The molecule has 0 amide bonds. The molecule has 2 N–H and O–H groups in total. The number of nitrogens with one attached hydrogen (secondary N) is 2. The van der Waals surface area contributed by atoms with Crippen molar-refractivity contribution in [3.8, 4) is 0 Å². The summed E-state index contributed by atoms with van der Waals surface area (Å²) in [5.41, 5.74) is 1.16. The topological polar surface area (TPSA) is 40.7 Å². The van der Waals surface area contributed by atoms with E-state index >= 15 is 0 Å². The zero-order valence-corrected chi connectivity index (χ0v) is 4.89. The molecule has 46 valence electrons. The minimum atomic E-state index is 0.956. The Balaban J connectivity index is 2.46. The Morgan fingerprint density at radius 2 is 2.56 bits per heavy atom. The van der Waals surface area contributed by atoms with Gasteiger partial charge >= 0.3 is 0 Å². The summed E-state index contributed by atoms with van der Waals surface area (Å²) >= 11 is 0. The normalized spacial score (nSPS) is 14.7. The van der Waals surface area contributed by atoms with E-state index in [1.165, 1.54) is 0 Å². The van der Waals surface area contributed by atoms with Crippen molar-refractivity contribution in [1.29, 1.82) is 0 Å². The second-order valence-corrected chi connectivity index (χ2v) is 1.98. The summed E-state index contributed by atoms with van der Waals surface area (Å²) in [5.74, 6) is 0.956. The third-order valence-corrected chi connectivity index (χ3v) is 1.38. The number of H-pyrrole nitrogens is 1. The molecule has 0 aliphatic carbocycles. The molecule has 0 aromatic carbocycles. The number of imidazole rings is 1. The minimum Gasteiger partial charge on any atom is -0.346 e. The number of hydrogen-bond donors (Lipinski definition) is 2. The molecule has 3 nitrogen and oxygen atoms in total. The van der Waals surface area contributed by atoms with Crippen LogP contribution in [0.2, 0.25) is 0 Å². The molecule has 0 atom stereocenters. The molecule has 2 heterocycles.